The van der Waals surface area contributed by atoms with Gasteiger partial charge in [-0.2, -0.15) is 0 Å². The summed E-state index contributed by atoms with van der Waals surface area (Å²) in [5.74, 6) is 0. The molecule has 0 atom stereocenters. The third-order valence-corrected chi connectivity index (χ3v) is 17.8. The molecule has 0 amide bonds. The molecule has 6 heteroatoms. The lowest BCUT2D eigenvalue weighted by Crippen LogP contribution is -2.14. The van der Waals surface area contributed by atoms with E-state index in [0.717, 1.165) is 113 Å². The van der Waals surface area contributed by atoms with Gasteiger partial charge in [0.15, 0.2) is 0 Å². The maximum atomic E-state index is 2.33. The minimum absolute atomic E-state index is 1.03. The predicted molar refractivity (Wildman–Crippen MR) is 425 cm³/mol. The van der Waals surface area contributed by atoms with Crippen LogP contribution in [-0.4, -0.2) is 0 Å². The molecular formula is C94H72N6. The van der Waals surface area contributed by atoms with E-state index in [4.69, 9.17) is 0 Å². The van der Waals surface area contributed by atoms with E-state index in [-0.39, 0.29) is 0 Å². The molecule has 15 aromatic carbocycles. The zero-order valence-electron chi connectivity index (χ0n) is 55.3. The fourth-order valence-electron chi connectivity index (χ4n) is 12.9. The summed E-state index contributed by atoms with van der Waals surface area (Å²) in [7, 11) is 0. The minimum Gasteiger partial charge on any atom is -0.311 e. The molecule has 0 saturated heterocycles. The maximum Gasteiger partial charge on any atom is 0.0463 e. The first-order valence-corrected chi connectivity index (χ1v) is 33.9. The van der Waals surface area contributed by atoms with Gasteiger partial charge in [-0.3, -0.25) is 0 Å². The van der Waals surface area contributed by atoms with Gasteiger partial charge in [-0.25, -0.2) is 0 Å². The molecule has 0 fully saturated rings. The fraction of sp³-hybridized carbons (Fsp3) is 0. The van der Waals surface area contributed by atoms with Crippen LogP contribution in [0, 0.1) is 0 Å². The minimum atomic E-state index is 1.03. The molecule has 478 valence electrons. The first-order valence-electron chi connectivity index (χ1n) is 33.9. The van der Waals surface area contributed by atoms with Gasteiger partial charge >= 0.3 is 0 Å². The third kappa shape index (κ3) is 14.4. The summed E-state index contributed by atoms with van der Waals surface area (Å²) < 4.78 is 0. The Morgan fingerprint density at radius 2 is 0.200 bits per heavy atom. The van der Waals surface area contributed by atoms with E-state index in [2.05, 4.69) is 454 Å². The Kier molecular flexibility index (Phi) is 18.9. The molecule has 6 nitrogen and oxygen atoms in total. The Labute approximate surface area is 587 Å². The van der Waals surface area contributed by atoms with E-state index in [1.807, 2.05) is 12.1 Å². The van der Waals surface area contributed by atoms with Crippen LogP contribution in [-0.2, 0) is 0 Å². The van der Waals surface area contributed by atoms with E-state index in [1.54, 1.807) is 0 Å². The van der Waals surface area contributed by atoms with Crippen LogP contribution in [0.1, 0.15) is 22.3 Å². The highest BCUT2D eigenvalue weighted by Crippen LogP contribution is 2.45. The van der Waals surface area contributed by atoms with Crippen LogP contribution >= 0.6 is 0 Å². The molecule has 0 aliphatic rings. The van der Waals surface area contributed by atoms with Gasteiger partial charge in [-0.05, 0) is 241 Å². The average molecular weight is 1290 g/mol. The summed E-state index contributed by atoms with van der Waals surface area (Å²) in [6.45, 7) is 0. The lowest BCUT2D eigenvalue weighted by atomic mass is 10.1. The standard InChI is InChI=1S/C94H72N6/c1-9-25-73(26-10-1)41-43-75-45-49-83(50-46-75)95(77-29-13-3-14-30-77)85-53-57-87(58-54-85)97(79-33-17-5-18-34-79)89-61-65-91(66-62-89)99(81-37-21-7-22-38-81)93-69-71-94(72-70-93)100(82-39-23-8-24-40-82)92-67-63-90(64-68-92)98(80-35-19-6-20-36-80)88-59-55-86(56-60-88)96(78-31-15-4-16-32-78)84-51-47-76(48-52-84)44-42-74-27-11-2-12-28-74/h1-72H/b43-41+,44-42+. The van der Waals surface area contributed by atoms with Crippen molar-refractivity contribution >= 4 is 127 Å². The van der Waals surface area contributed by atoms with Gasteiger partial charge in [-0.1, -0.05) is 218 Å². The molecule has 0 saturated carbocycles. The molecule has 0 radical (unpaired) electrons. The van der Waals surface area contributed by atoms with Crippen molar-refractivity contribution in [2.24, 2.45) is 0 Å². The van der Waals surface area contributed by atoms with Gasteiger partial charge in [-0.15, -0.1) is 0 Å². The van der Waals surface area contributed by atoms with Gasteiger partial charge in [0, 0.05) is 102 Å². The third-order valence-electron chi connectivity index (χ3n) is 17.8. The lowest BCUT2D eigenvalue weighted by Gasteiger charge is -2.30. The highest BCUT2D eigenvalue weighted by Gasteiger charge is 2.22. The molecule has 0 spiro atoms. The van der Waals surface area contributed by atoms with Crippen molar-refractivity contribution in [3.05, 3.63) is 435 Å². The predicted octanol–water partition coefficient (Wildman–Crippen LogP) is 26.8. The molecule has 0 N–H and O–H groups in total. The van der Waals surface area contributed by atoms with E-state index < -0.39 is 0 Å². The Morgan fingerprint density at radius 3 is 0.340 bits per heavy atom. The zero-order chi connectivity index (χ0) is 67.1. The van der Waals surface area contributed by atoms with E-state index >= 15 is 0 Å². The summed E-state index contributed by atoms with van der Waals surface area (Å²) in [6.07, 6.45) is 8.64. The van der Waals surface area contributed by atoms with Crippen LogP contribution < -0.4 is 29.4 Å². The number of para-hydroxylation sites is 6. The highest BCUT2D eigenvalue weighted by atomic mass is 15.2. The van der Waals surface area contributed by atoms with Crippen LogP contribution in [0.4, 0.5) is 102 Å². The maximum absolute atomic E-state index is 2.33. The first-order chi connectivity index (χ1) is 49.6. The quantitative estimate of drug-likeness (QED) is 0.0626. The van der Waals surface area contributed by atoms with E-state index in [9.17, 15) is 0 Å². The summed E-state index contributed by atoms with van der Waals surface area (Å²) in [6, 6.07) is 147. The van der Waals surface area contributed by atoms with Crippen molar-refractivity contribution in [2.75, 3.05) is 29.4 Å². The molecule has 0 bridgehead atoms. The number of hydrogen-bond donors (Lipinski definition) is 0. The van der Waals surface area contributed by atoms with Gasteiger partial charge in [0.05, 0.1) is 0 Å². The fourth-order valence-corrected chi connectivity index (χ4v) is 12.9. The molecule has 15 aromatic rings. The SMILES string of the molecule is C(=C\c1ccc(N(c2ccccc2)c2ccc(N(c3ccccc3)c3ccc(N(c4ccccc4)c4ccc(N(c5ccccc5)c5ccc(N(c6ccccc6)c6ccc(N(c7ccccc7)c7ccc(/C=C/c8ccccc8)cc7)cc6)cc5)cc4)cc3)cc2)cc1)/c1ccccc1. The zero-order valence-corrected chi connectivity index (χ0v) is 55.3. The number of benzene rings is 15. The summed E-state index contributed by atoms with van der Waals surface area (Å²) in [5, 5.41) is 0. The van der Waals surface area contributed by atoms with Gasteiger partial charge in [0.1, 0.15) is 0 Å². The molecule has 15 rings (SSSR count). The van der Waals surface area contributed by atoms with Crippen LogP contribution in [0.15, 0.2) is 413 Å². The summed E-state index contributed by atoms with van der Waals surface area (Å²) in [4.78, 5) is 13.9. The number of rotatable bonds is 22. The smallest absolute Gasteiger partial charge is 0.0463 e. The average Bonchev–Trinajstić information content (AvgIpc) is 0.854. The Hall–Kier alpha value is -13.4. The molecule has 0 heterocycles. The molecule has 0 aliphatic carbocycles. The van der Waals surface area contributed by atoms with Gasteiger partial charge in [0.25, 0.3) is 0 Å². The molecular weight excluding hydrogens is 1210 g/mol. The monoisotopic (exact) mass is 1280 g/mol. The van der Waals surface area contributed by atoms with Crippen LogP contribution in [0.25, 0.3) is 24.3 Å². The van der Waals surface area contributed by atoms with Crippen molar-refractivity contribution in [1.29, 1.82) is 0 Å². The highest BCUT2D eigenvalue weighted by molar-refractivity contribution is 5.88. The second-order valence-electron chi connectivity index (χ2n) is 24.3. The van der Waals surface area contributed by atoms with Crippen molar-refractivity contribution < 1.29 is 0 Å². The van der Waals surface area contributed by atoms with E-state index in [1.165, 1.54) is 11.1 Å². The molecule has 0 unspecified atom stereocenters. The van der Waals surface area contributed by atoms with Crippen molar-refractivity contribution in [1.82, 2.24) is 0 Å². The number of nitrogens with zero attached hydrogens (tertiary/aromatic N) is 6. The number of anilines is 18. The second-order valence-corrected chi connectivity index (χ2v) is 24.3. The van der Waals surface area contributed by atoms with Crippen LogP contribution in [0.3, 0.4) is 0 Å². The van der Waals surface area contributed by atoms with Gasteiger partial charge < -0.3 is 29.4 Å². The molecule has 0 aromatic heterocycles. The lowest BCUT2D eigenvalue weighted by molar-refractivity contribution is 1.23. The Morgan fingerprint density at radius 1 is 0.100 bits per heavy atom. The van der Waals surface area contributed by atoms with Crippen molar-refractivity contribution in [2.45, 2.75) is 0 Å². The van der Waals surface area contributed by atoms with Crippen molar-refractivity contribution in [3.8, 4) is 0 Å². The first kappa shape index (κ1) is 62.7. The summed E-state index contributed by atoms with van der Waals surface area (Å²) >= 11 is 0. The Balaban J connectivity index is 0.705. The van der Waals surface area contributed by atoms with Crippen LogP contribution in [0.2, 0.25) is 0 Å². The molecule has 0 aliphatic heterocycles. The Bertz CT molecular complexity index is 4760. The summed E-state index contributed by atoms with van der Waals surface area (Å²) in [5.41, 5.74) is 23.6. The largest absolute Gasteiger partial charge is 0.311 e. The topological polar surface area (TPSA) is 19.4 Å². The normalized spacial score (nSPS) is 11.1. The van der Waals surface area contributed by atoms with E-state index in [0.29, 0.717) is 0 Å². The van der Waals surface area contributed by atoms with Crippen molar-refractivity contribution in [3.63, 3.8) is 0 Å². The van der Waals surface area contributed by atoms with Gasteiger partial charge in [0.2, 0.25) is 0 Å². The molecule has 100 heavy (non-hydrogen) atoms. The number of hydrogen-bond acceptors (Lipinski definition) is 6. The second kappa shape index (κ2) is 30.1. The van der Waals surface area contributed by atoms with Crippen LogP contribution in [0.5, 0.6) is 0 Å².